The Morgan fingerprint density at radius 1 is 1.63 bits per heavy atom. The molecule has 3 rings (SSSR count). The van der Waals surface area contributed by atoms with E-state index in [2.05, 4.69) is 40.2 Å². The van der Waals surface area contributed by atoms with Crippen LogP contribution in [0.1, 0.15) is 37.9 Å². The van der Waals surface area contributed by atoms with Crippen LogP contribution in [-0.4, -0.2) is 34.4 Å². The molecule has 3 nitrogen and oxygen atoms in total. The van der Waals surface area contributed by atoms with Crippen molar-refractivity contribution >= 4 is 29.0 Å². The van der Waals surface area contributed by atoms with Crippen molar-refractivity contribution in [3.05, 3.63) is 22.4 Å². The van der Waals surface area contributed by atoms with Gasteiger partial charge in [0.2, 0.25) is 5.91 Å². The number of thiophene rings is 1. The standard InChI is InChI=1S/C14H20N2OS2/c1-10(3-7-18-2)16-12(11-4-8-19-9-11)15-14(5-6-14)13(16)17/h4,8-10,12,15H,3,5-7H2,1-2H3. The zero-order valence-corrected chi connectivity index (χ0v) is 13.0. The van der Waals surface area contributed by atoms with Crippen LogP contribution >= 0.6 is 23.1 Å². The molecule has 2 heterocycles. The van der Waals surface area contributed by atoms with Crippen LogP contribution < -0.4 is 5.32 Å². The first-order valence-corrected chi connectivity index (χ1v) is 9.13. The van der Waals surface area contributed by atoms with E-state index >= 15 is 0 Å². The summed E-state index contributed by atoms with van der Waals surface area (Å²) in [6.07, 6.45) is 5.26. The quantitative estimate of drug-likeness (QED) is 0.907. The molecule has 1 aromatic rings. The van der Waals surface area contributed by atoms with E-state index in [1.165, 1.54) is 5.56 Å². The van der Waals surface area contributed by atoms with E-state index in [-0.39, 0.29) is 11.7 Å². The van der Waals surface area contributed by atoms with Crippen molar-refractivity contribution in [3.63, 3.8) is 0 Å². The minimum absolute atomic E-state index is 0.0816. The van der Waals surface area contributed by atoms with Crippen molar-refractivity contribution in [1.82, 2.24) is 10.2 Å². The Kier molecular flexibility index (Phi) is 3.62. The molecule has 0 aromatic carbocycles. The summed E-state index contributed by atoms with van der Waals surface area (Å²) in [4.78, 5) is 14.7. The Morgan fingerprint density at radius 3 is 3.00 bits per heavy atom. The fraction of sp³-hybridized carbons (Fsp3) is 0.643. The number of carbonyl (C=O) groups excluding carboxylic acids is 1. The fourth-order valence-corrected chi connectivity index (χ4v) is 4.05. The summed E-state index contributed by atoms with van der Waals surface area (Å²) < 4.78 is 0. The van der Waals surface area contributed by atoms with Crippen LogP contribution in [-0.2, 0) is 4.79 Å². The van der Waals surface area contributed by atoms with Crippen molar-refractivity contribution in [3.8, 4) is 0 Å². The summed E-state index contributed by atoms with van der Waals surface area (Å²) >= 11 is 3.55. The first-order valence-electron chi connectivity index (χ1n) is 6.79. The lowest BCUT2D eigenvalue weighted by Crippen LogP contribution is -2.39. The third-order valence-corrected chi connectivity index (χ3v) is 5.50. The van der Waals surface area contributed by atoms with Crippen LogP contribution in [0.4, 0.5) is 0 Å². The average Bonchev–Trinajstić information content (AvgIpc) is 2.87. The Balaban J connectivity index is 1.83. The first kappa shape index (κ1) is 13.5. The topological polar surface area (TPSA) is 32.3 Å². The van der Waals surface area contributed by atoms with Gasteiger partial charge in [0.1, 0.15) is 11.7 Å². The van der Waals surface area contributed by atoms with Gasteiger partial charge in [0.05, 0.1) is 0 Å². The van der Waals surface area contributed by atoms with E-state index < -0.39 is 0 Å². The Hall–Kier alpha value is -0.520. The zero-order chi connectivity index (χ0) is 13.5. The van der Waals surface area contributed by atoms with E-state index in [9.17, 15) is 4.79 Å². The van der Waals surface area contributed by atoms with Gasteiger partial charge in [0.25, 0.3) is 0 Å². The molecule has 0 radical (unpaired) electrons. The Bertz CT molecular complexity index is 456. The summed E-state index contributed by atoms with van der Waals surface area (Å²) in [5.74, 6) is 1.42. The highest BCUT2D eigenvalue weighted by Gasteiger charge is 2.60. The molecule has 5 heteroatoms. The number of nitrogens with zero attached hydrogens (tertiary/aromatic N) is 1. The Morgan fingerprint density at radius 2 is 2.42 bits per heavy atom. The lowest BCUT2D eigenvalue weighted by atomic mass is 10.1. The number of hydrogen-bond donors (Lipinski definition) is 1. The molecule has 1 spiro atoms. The highest BCUT2D eigenvalue weighted by molar-refractivity contribution is 7.98. The molecular weight excluding hydrogens is 276 g/mol. The maximum absolute atomic E-state index is 12.7. The lowest BCUT2D eigenvalue weighted by molar-refractivity contribution is -0.132. The predicted octanol–water partition coefficient (Wildman–Crippen LogP) is 2.85. The molecule has 2 fully saturated rings. The molecule has 1 aromatic heterocycles. The molecule has 2 atom stereocenters. The van der Waals surface area contributed by atoms with E-state index in [0.717, 1.165) is 25.0 Å². The predicted molar refractivity (Wildman–Crippen MR) is 81.5 cm³/mol. The first-order chi connectivity index (χ1) is 9.18. The number of amides is 1. The molecule has 1 amide bonds. The van der Waals surface area contributed by atoms with E-state index in [4.69, 9.17) is 0 Å². The van der Waals surface area contributed by atoms with Gasteiger partial charge >= 0.3 is 0 Å². The lowest BCUT2D eigenvalue weighted by Gasteiger charge is -2.30. The van der Waals surface area contributed by atoms with Gasteiger partial charge in [-0.3, -0.25) is 10.1 Å². The Labute approximate surface area is 122 Å². The number of rotatable bonds is 5. The van der Waals surface area contributed by atoms with Crippen LogP contribution in [0.5, 0.6) is 0 Å². The number of thioether (sulfide) groups is 1. The van der Waals surface area contributed by atoms with Crippen LogP contribution in [0.2, 0.25) is 0 Å². The maximum atomic E-state index is 12.7. The van der Waals surface area contributed by atoms with Crippen molar-refractivity contribution in [2.75, 3.05) is 12.0 Å². The second kappa shape index (κ2) is 5.11. The number of hydrogen-bond acceptors (Lipinski definition) is 4. The minimum atomic E-state index is -0.222. The summed E-state index contributed by atoms with van der Waals surface area (Å²) in [5, 5.41) is 7.82. The minimum Gasteiger partial charge on any atom is -0.319 e. The molecule has 1 aliphatic heterocycles. The third kappa shape index (κ3) is 2.32. The van der Waals surface area contributed by atoms with E-state index in [0.29, 0.717) is 11.9 Å². The molecule has 1 aliphatic carbocycles. The summed E-state index contributed by atoms with van der Waals surface area (Å²) in [5.41, 5.74) is 1.01. The number of carbonyl (C=O) groups is 1. The van der Waals surface area contributed by atoms with Crippen LogP contribution in [0.25, 0.3) is 0 Å². The van der Waals surface area contributed by atoms with Crippen LogP contribution in [0.15, 0.2) is 16.8 Å². The molecule has 1 saturated heterocycles. The van der Waals surface area contributed by atoms with E-state index in [1.807, 2.05) is 11.8 Å². The van der Waals surface area contributed by atoms with Gasteiger partial charge in [-0.2, -0.15) is 23.1 Å². The van der Waals surface area contributed by atoms with Crippen LogP contribution in [0.3, 0.4) is 0 Å². The SMILES string of the molecule is CSCCC(C)N1C(=O)C2(CC2)NC1c1ccsc1. The average molecular weight is 296 g/mol. The zero-order valence-electron chi connectivity index (χ0n) is 11.4. The smallest absolute Gasteiger partial charge is 0.244 e. The number of nitrogens with one attached hydrogen (secondary N) is 1. The highest BCUT2D eigenvalue weighted by Crippen LogP contribution is 2.47. The molecular formula is C14H20N2OS2. The third-order valence-electron chi connectivity index (χ3n) is 4.16. The molecule has 1 N–H and O–H groups in total. The van der Waals surface area contributed by atoms with Gasteiger partial charge in [-0.15, -0.1) is 0 Å². The van der Waals surface area contributed by atoms with Gasteiger partial charge in [-0.25, -0.2) is 0 Å². The molecule has 1 saturated carbocycles. The normalized spacial score (nSPS) is 26.1. The molecule has 19 heavy (non-hydrogen) atoms. The van der Waals surface area contributed by atoms with E-state index in [1.54, 1.807) is 11.3 Å². The fourth-order valence-electron chi connectivity index (χ4n) is 2.80. The molecule has 104 valence electrons. The van der Waals surface area contributed by atoms with Gasteiger partial charge in [0.15, 0.2) is 0 Å². The second-order valence-electron chi connectivity index (χ2n) is 5.53. The summed E-state index contributed by atoms with van der Waals surface area (Å²) in [6, 6.07) is 2.43. The summed E-state index contributed by atoms with van der Waals surface area (Å²) in [7, 11) is 0. The largest absolute Gasteiger partial charge is 0.319 e. The van der Waals surface area contributed by atoms with Crippen LogP contribution in [0, 0.1) is 0 Å². The van der Waals surface area contributed by atoms with Crippen molar-refractivity contribution < 1.29 is 4.79 Å². The highest BCUT2D eigenvalue weighted by atomic mass is 32.2. The maximum Gasteiger partial charge on any atom is 0.244 e. The molecule has 2 unspecified atom stereocenters. The summed E-state index contributed by atoms with van der Waals surface area (Å²) in [6.45, 7) is 2.18. The van der Waals surface area contributed by atoms with Gasteiger partial charge in [-0.1, -0.05) is 0 Å². The second-order valence-corrected chi connectivity index (χ2v) is 7.29. The van der Waals surface area contributed by atoms with Crippen molar-refractivity contribution in [1.29, 1.82) is 0 Å². The monoisotopic (exact) mass is 296 g/mol. The van der Waals surface area contributed by atoms with Gasteiger partial charge in [0, 0.05) is 6.04 Å². The van der Waals surface area contributed by atoms with Crippen molar-refractivity contribution in [2.24, 2.45) is 0 Å². The molecule has 2 aliphatic rings. The molecule has 0 bridgehead atoms. The van der Waals surface area contributed by atoms with Gasteiger partial charge in [-0.05, 0) is 60.6 Å². The van der Waals surface area contributed by atoms with Crippen molar-refractivity contribution in [2.45, 2.75) is 43.9 Å². The van der Waals surface area contributed by atoms with Gasteiger partial charge < -0.3 is 4.90 Å².